The van der Waals surface area contributed by atoms with E-state index in [-0.39, 0.29) is 6.61 Å². The zero-order valence-corrected chi connectivity index (χ0v) is 14.8. The molecule has 2 aromatic carbocycles. The standard InChI is InChI=1S/C21H23NO4/c1-2-3-11-19(20(23)24)22-21(25)26-13-15-8-6-10-17-16-9-5-4-7-14(16)12-18(15)17/h4-10,19H,2-3,11-13H2,1H3,(H,22,25)(H,23,24). The first-order valence-electron chi connectivity index (χ1n) is 8.95. The van der Waals surface area contributed by atoms with Crippen LogP contribution in [0, 0.1) is 0 Å². The number of benzene rings is 2. The largest absolute Gasteiger partial charge is 0.480 e. The van der Waals surface area contributed by atoms with Crippen molar-refractivity contribution >= 4 is 12.1 Å². The lowest BCUT2D eigenvalue weighted by molar-refractivity contribution is -0.139. The minimum atomic E-state index is -1.04. The molecule has 0 aliphatic heterocycles. The molecule has 1 atom stereocenters. The van der Waals surface area contributed by atoms with Crippen molar-refractivity contribution in [1.82, 2.24) is 5.32 Å². The maximum Gasteiger partial charge on any atom is 0.408 e. The van der Waals surface area contributed by atoms with Crippen LogP contribution in [-0.4, -0.2) is 23.2 Å². The van der Waals surface area contributed by atoms with Crippen LogP contribution >= 0.6 is 0 Å². The number of hydrogen-bond acceptors (Lipinski definition) is 3. The number of fused-ring (bicyclic) bond motifs is 3. The molecule has 26 heavy (non-hydrogen) atoms. The van der Waals surface area contributed by atoms with Gasteiger partial charge in [-0.1, -0.05) is 62.2 Å². The van der Waals surface area contributed by atoms with Gasteiger partial charge in [0.25, 0.3) is 0 Å². The molecule has 0 fully saturated rings. The summed E-state index contributed by atoms with van der Waals surface area (Å²) < 4.78 is 5.30. The Kier molecular flexibility index (Phi) is 5.56. The molecule has 136 valence electrons. The van der Waals surface area contributed by atoms with Gasteiger partial charge in [-0.05, 0) is 40.7 Å². The van der Waals surface area contributed by atoms with Gasteiger partial charge in [0.15, 0.2) is 0 Å². The lowest BCUT2D eigenvalue weighted by Gasteiger charge is -2.15. The first kappa shape index (κ1) is 18.0. The summed E-state index contributed by atoms with van der Waals surface area (Å²) in [5.41, 5.74) is 5.79. The van der Waals surface area contributed by atoms with Crippen LogP contribution in [0.3, 0.4) is 0 Å². The molecule has 0 saturated carbocycles. The van der Waals surface area contributed by atoms with Crippen molar-refractivity contribution in [3.8, 4) is 11.1 Å². The summed E-state index contributed by atoms with van der Waals surface area (Å²) in [5.74, 6) is -1.04. The molecule has 0 bridgehead atoms. The van der Waals surface area contributed by atoms with E-state index in [2.05, 4.69) is 23.5 Å². The number of aliphatic carboxylic acids is 1. The number of unbranched alkanes of at least 4 members (excludes halogenated alkanes) is 1. The van der Waals surface area contributed by atoms with Crippen molar-refractivity contribution in [3.05, 3.63) is 59.2 Å². The first-order valence-corrected chi connectivity index (χ1v) is 8.95. The number of rotatable bonds is 7. The Hall–Kier alpha value is -2.82. The van der Waals surface area contributed by atoms with Crippen LogP contribution in [0.2, 0.25) is 0 Å². The lowest BCUT2D eigenvalue weighted by atomic mass is 10.0. The summed E-state index contributed by atoms with van der Waals surface area (Å²) in [6.45, 7) is 2.11. The highest BCUT2D eigenvalue weighted by molar-refractivity contribution is 5.80. The topological polar surface area (TPSA) is 75.6 Å². The third-order valence-corrected chi connectivity index (χ3v) is 4.74. The van der Waals surface area contributed by atoms with Gasteiger partial charge in [0.1, 0.15) is 12.6 Å². The average Bonchev–Trinajstić information content (AvgIpc) is 3.02. The van der Waals surface area contributed by atoms with Gasteiger partial charge >= 0.3 is 12.1 Å². The van der Waals surface area contributed by atoms with Crippen molar-refractivity contribution in [3.63, 3.8) is 0 Å². The molecule has 5 heteroatoms. The molecular formula is C21H23NO4. The maximum absolute atomic E-state index is 12.0. The number of ether oxygens (including phenoxy) is 1. The quantitative estimate of drug-likeness (QED) is 0.670. The third kappa shape index (κ3) is 3.87. The molecule has 0 heterocycles. The smallest absolute Gasteiger partial charge is 0.408 e. The van der Waals surface area contributed by atoms with Gasteiger partial charge in [-0.2, -0.15) is 0 Å². The molecule has 5 nitrogen and oxygen atoms in total. The van der Waals surface area contributed by atoms with Gasteiger partial charge in [-0.3, -0.25) is 0 Å². The SMILES string of the molecule is CCCCC(NC(=O)OCc1cccc2c1Cc1ccccc1-2)C(=O)O. The molecule has 0 saturated heterocycles. The van der Waals surface area contributed by atoms with E-state index in [0.29, 0.717) is 6.42 Å². The monoisotopic (exact) mass is 353 g/mol. The Bertz CT molecular complexity index is 815. The Morgan fingerprint density at radius 1 is 1.15 bits per heavy atom. The van der Waals surface area contributed by atoms with Gasteiger partial charge in [0.05, 0.1) is 0 Å². The number of alkyl carbamates (subject to hydrolysis) is 1. The predicted octanol–water partition coefficient (Wildman–Crippen LogP) is 4.13. The van der Waals surface area contributed by atoms with E-state index < -0.39 is 18.1 Å². The Morgan fingerprint density at radius 3 is 2.69 bits per heavy atom. The first-order chi connectivity index (χ1) is 12.6. The number of amides is 1. The molecule has 0 aromatic heterocycles. The number of hydrogen-bond donors (Lipinski definition) is 2. The number of carboxylic acids is 1. The van der Waals surface area contributed by atoms with Crippen LogP contribution < -0.4 is 5.32 Å². The molecule has 2 N–H and O–H groups in total. The third-order valence-electron chi connectivity index (χ3n) is 4.74. The van der Waals surface area contributed by atoms with Gasteiger partial charge in [0.2, 0.25) is 0 Å². The van der Waals surface area contributed by atoms with Crippen molar-refractivity contribution in [2.75, 3.05) is 0 Å². The van der Waals surface area contributed by atoms with Gasteiger partial charge in [-0.15, -0.1) is 0 Å². The summed E-state index contributed by atoms with van der Waals surface area (Å²) in [6.07, 6.45) is 2.14. The fourth-order valence-corrected chi connectivity index (χ4v) is 3.35. The fourth-order valence-electron chi connectivity index (χ4n) is 3.35. The number of carboxylic acid groups (broad SMARTS) is 1. The summed E-state index contributed by atoms with van der Waals surface area (Å²) in [7, 11) is 0. The van der Waals surface area contributed by atoms with Crippen LogP contribution in [0.5, 0.6) is 0 Å². The molecule has 0 radical (unpaired) electrons. The fraction of sp³-hybridized carbons (Fsp3) is 0.333. The number of nitrogens with one attached hydrogen (secondary N) is 1. The van der Waals surface area contributed by atoms with Crippen LogP contribution in [0.1, 0.15) is 42.9 Å². The predicted molar refractivity (Wildman–Crippen MR) is 99.0 cm³/mol. The van der Waals surface area contributed by atoms with Crippen molar-refractivity contribution < 1.29 is 19.4 Å². The lowest BCUT2D eigenvalue weighted by Crippen LogP contribution is -2.41. The zero-order chi connectivity index (χ0) is 18.5. The molecule has 0 spiro atoms. The summed E-state index contributed by atoms with van der Waals surface area (Å²) in [6, 6.07) is 13.3. The average molecular weight is 353 g/mol. The number of carbonyl (C=O) groups is 2. The molecule has 1 aliphatic rings. The van der Waals surface area contributed by atoms with Gasteiger partial charge in [0, 0.05) is 0 Å². The number of carbonyl (C=O) groups excluding carboxylic acids is 1. The minimum absolute atomic E-state index is 0.128. The highest BCUT2D eigenvalue weighted by Crippen LogP contribution is 2.38. The Morgan fingerprint density at radius 2 is 1.92 bits per heavy atom. The van der Waals surface area contributed by atoms with Crippen LogP contribution in [0.25, 0.3) is 11.1 Å². The highest BCUT2D eigenvalue weighted by Gasteiger charge is 2.22. The Balaban J connectivity index is 1.64. The van der Waals surface area contributed by atoms with E-state index in [1.807, 2.05) is 31.2 Å². The second-order valence-corrected chi connectivity index (χ2v) is 6.53. The van der Waals surface area contributed by atoms with E-state index in [4.69, 9.17) is 4.74 Å². The van der Waals surface area contributed by atoms with Crippen LogP contribution in [-0.2, 0) is 22.6 Å². The molecule has 1 unspecified atom stereocenters. The van der Waals surface area contributed by atoms with E-state index in [0.717, 1.165) is 24.8 Å². The van der Waals surface area contributed by atoms with E-state index in [1.54, 1.807) is 0 Å². The normalized spacial score (nSPS) is 12.8. The van der Waals surface area contributed by atoms with Crippen molar-refractivity contribution in [2.45, 2.75) is 45.3 Å². The summed E-state index contributed by atoms with van der Waals surface area (Å²) in [4.78, 5) is 23.2. The summed E-state index contributed by atoms with van der Waals surface area (Å²) >= 11 is 0. The minimum Gasteiger partial charge on any atom is -0.480 e. The van der Waals surface area contributed by atoms with Gasteiger partial charge < -0.3 is 15.2 Å². The van der Waals surface area contributed by atoms with Crippen LogP contribution in [0.15, 0.2) is 42.5 Å². The molecule has 3 rings (SSSR count). The van der Waals surface area contributed by atoms with Crippen molar-refractivity contribution in [1.29, 1.82) is 0 Å². The van der Waals surface area contributed by atoms with E-state index in [1.165, 1.54) is 22.3 Å². The summed E-state index contributed by atoms with van der Waals surface area (Å²) in [5, 5.41) is 11.6. The Labute approximate surface area is 153 Å². The van der Waals surface area contributed by atoms with E-state index >= 15 is 0 Å². The second kappa shape index (κ2) is 8.04. The molecule has 1 amide bonds. The van der Waals surface area contributed by atoms with Crippen molar-refractivity contribution in [2.24, 2.45) is 0 Å². The maximum atomic E-state index is 12.0. The van der Waals surface area contributed by atoms with Gasteiger partial charge in [-0.25, -0.2) is 9.59 Å². The molecular weight excluding hydrogens is 330 g/mol. The van der Waals surface area contributed by atoms with E-state index in [9.17, 15) is 14.7 Å². The molecule has 2 aromatic rings. The van der Waals surface area contributed by atoms with Crippen LogP contribution in [0.4, 0.5) is 4.79 Å². The second-order valence-electron chi connectivity index (χ2n) is 6.53. The highest BCUT2D eigenvalue weighted by atomic mass is 16.5. The molecule has 1 aliphatic carbocycles. The zero-order valence-electron chi connectivity index (χ0n) is 14.8.